The Balaban J connectivity index is 2.47. The summed E-state index contributed by atoms with van der Waals surface area (Å²) in [6, 6.07) is 4.75. The normalized spacial score (nSPS) is 18.5. The van der Waals surface area contributed by atoms with Crippen molar-refractivity contribution in [1.82, 2.24) is 4.90 Å². The van der Waals surface area contributed by atoms with E-state index in [9.17, 15) is 14.4 Å². The summed E-state index contributed by atoms with van der Waals surface area (Å²) in [6.07, 6.45) is -2.27. The van der Waals surface area contributed by atoms with E-state index in [4.69, 9.17) is 21.1 Å². The van der Waals surface area contributed by atoms with Crippen molar-refractivity contribution >= 4 is 29.5 Å². The molecule has 1 heterocycles. The Kier molecular flexibility index (Phi) is 3.44. The van der Waals surface area contributed by atoms with Crippen molar-refractivity contribution in [1.29, 1.82) is 0 Å². The van der Waals surface area contributed by atoms with Crippen molar-refractivity contribution in [2.24, 2.45) is 0 Å². The van der Waals surface area contributed by atoms with Gasteiger partial charge in [-0.25, -0.2) is 4.79 Å². The van der Waals surface area contributed by atoms with Crippen LogP contribution in [0.5, 0.6) is 5.75 Å². The lowest BCUT2D eigenvalue weighted by molar-refractivity contribution is -0.139. The Morgan fingerprint density at radius 2 is 2.11 bits per heavy atom. The van der Waals surface area contributed by atoms with Gasteiger partial charge in [-0.1, -0.05) is 17.7 Å². The van der Waals surface area contributed by atoms with E-state index in [1.54, 1.807) is 12.1 Å². The van der Waals surface area contributed by atoms with Crippen molar-refractivity contribution in [3.8, 4) is 5.75 Å². The summed E-state index contributed by atoms with van der Waals surface area (Å²) in [5.41, 5.74) is 0.230. The number of carbonyl (C=O) groups is 3. The predicted molar refractivity (Wildman–Crippen MR) is 64.8 cm³/mol. The molecule has 1 fully saturated rings. The van der Waals surface area contributed by atoms with Gasteiger partial charge in [-0.2, -0.15) is 4.90 Å². The van der Waals surface area contributed by atoms with E-state index in [1.807, 2.05) is 0 Å². The molecule has 1 aliphatic heterocycles. The summed E-state index contributed by atoms with van der Waals surface area (Å²) in [7, 11) is 1.40. The average Bonchev–Trinajstić information content (AvgIpc) is 2.64. The van der Waals surface area contributed by atoms with Crippen LogP contribution in [-0.4, -0.2) is 29.9 Å². The van der Waals surface area contributed by atoms with E-state index < -0.39 is 24.0 Å². The highest BCUT2D eigenvalue weighted by Crippen LogP contribution is 2.38. The van der Waals surface area contributed by atoms with E-state index in [-0.39, 0.29) is 10.6 Å². The van der Waals surface area contributed by atoms with Gasteiger partial charge in [0.2, 0.25) is 12.0 Å². The van der Waals surface area contributed by atoms with Crippen molar-refractivity contribution in [2.45, 2.75) is 13.0 Å². The molecule has 100 valence electrons. The average molecular weight is 284 g/mol. The maximum atomic E-state index is 12.0. The number of amides is 3. The number of cyclic esters (lactones) is 1. The van der Waals surface area contributed by atoms with Crippen molar-refractivity contribution in [3.63, 3.8) is 0 Å². The third kappa shape index (κ3) is 2.15. The molecular weight excluding hydrogens is 274 g/mol. The second kappa shape index (κ2) is 4.89. The van der Waals surface area contributed by atoms with Crippen molar-refractivity contribution in [2.75, 3.05) is 7.11 Å². The van der Waals surface area contributed by atoms with Crippen LogP contribution in [0.1, 0.15) is 18.6 Å². The highest BCUT2D eigenvalue weighted by Gasteiger charge is 2.46. The number of carbonyl (C=O) groups excluding carboxylic acids is 3. The van der Waals surface area contributed by atoms with Gasteiger partial charge >= 0.3 is 6.09 Å². The first-order valence-electron chi connectivity index (χ1n) is 5.35. The zero-order valence-electron chi connectivity index (χ0n) is 10.2. The van der Waals surface area contributed by atoms with E-state index in [2.05, 4.69) is 0 Å². The predicted octanol–water partition coefficient (Wildman–Crippen LogP) is 1.91. The number of rotatable bonds is 2. The molecule has 0 bridgehead atoms. The molecule has 0 aromatic heterocycles. The van der Waals surface area contributed by atoms with Crippen LogP contribution in [0.2, 0.25) is 5.02 Å². The smallest absolute Gasteiger partial charge is 0.424 e. The summed E-state index contributed by atoms with van der Waals surface area (Å²) < 4.78 is 10.00. The Morgan fingerprint density at radius 3 is 2.63 bits per heavy atom. The number of benzene rings is 1. The number of halogens is 1. The van der Waals surface area contributed by atoms with Crippen LogP contribution in [0, 0.1) is 0 Å². The number of hydrogen-bond acceptors (Lipinski definition) is 5. The van der Waals surface area contributed by atoms with E-state index >= 15 is 0 Å². The molecule has 0 saturated carbocycles. The van der Waals surface area contributed by atoms with Crippen LogP contribution in [0.15, 0.2) is 18.2 Å². The summed E-state index contributed by atoms with van der Waals surface area (Å²) in [5.74, 6) is -1.17. The first kappa shape index (κ1) is 13.4. The minimum atomic E-state index is -1.26. The molecule has 1 saturated heterocycles. The molecule has 0 N–H and O–H groups in total. The molecule has 1 unspecified atom stereocenters. The maximum Gasteiger partial charge on any atom is 0.424 e. The second-order valence-corrected chi connectivity index (χ2v) is 4.22. The number of nitrogens with zero attached hydrogens (tertiary/aromatic N) is 1. The molecule has 1 aromatic carbocycles. The fourth-order valence-corrected chi connectivity index (χ4v) is 2.09. The van der Waals surface area contributed by atoms with Gasteiger partial charge in [-0.3, -0.25) is 9.59 Å². The van der Waals surface area contributed by atoms with Gasteiger partial charge in [0.25, 0.3) is 5.91 Å². The minimum absolute atomic E-state index is 0.218. The molecule has 6 nitrogen and oxygen atoms in total. The Bertz CT molecular complexity index is 571. The SMILES string of the molecule is COc1cccc(Cl)c1C1OC(=O)N(C(C)=O)C1=O. The van der Waals surface area contributed by atoms with Crippen LogP contribution in [-0.2, 0) is 14.3 Å². The first-order valence-corrected chi connectivity index (χ1v) is 5.72. The molecule has 1 aliphatic rings. The molecular formula is C12H10ClNO5. The van der Waals surface area contributed by atoms with Gasteiger partial charge in [-0.05, 0) is 12.1 Å². The number of methoxy groups -OCH3 is 1. The molecule has 0 aliphatic carbocycles. The van der Waals surface area contributed by atoms with Crippen molar-refractivity contribution < 1.29 is 23.9 Å². The lowest BCUT2D eigenvalue weighted by atomic mass is 10.1. The van der Waals surface area contributed by atoms with Crippen LogP contribution < -0.4 is 4.74 Å². The quantitative estimate of drug-likeness (QED) is 0.829. The molecule has 0 spiro atoms. The fourth-order valence-electron chi connectivity index (χ4n) is 1.83. The zero-order chi connectivity index (χ0) is 14.2. The lowest BCUT2D eigenvalue weighted by Crippen LogP contribution is -2.34. The number of ether oxygens (including phenoxy) is 2. The van der Waals surface area contributed by atoms with Gasteiger partial charge in [0.1, 0.15) is 5.75 Å². The van der Waals surface area contributed by atoms with Gasteiger partial charge in [0, 0.05) is 6.92 Å². The standard InChI is InChI=1S/C12H10ClNO5/c1-6(15)14-11(16)10(19-12(14)17)9-7(13)4-3-5-8(9)18-2/h3-5,10H,1-2H3. The molecule has 7 heteroatoms. The fraction of sp³-hybridized carbons (Fsp3) is 0.250. The van der Waals surface area contributed by atoms with Gasteiger partial charge in [0.05, 0.1) is 17.7 Å². The molecule has 3 amide bonds. The summed E-state index contributed by atoms with van der Waals surface area (Å²) in [6.45, 7) is 1.10. The topological polar surface area (TPSA) is 72.9 Å². The van der Waals surface area contributed by atoms with Crippen LogP contribution in [0.25, 0.3) is 0 Å². The van der Waals surface area contributed by atoms with Gasteiger partial charge in [-0.15, -0.1) is 0 Å². The molecule has 2 rings (SSSR count). The van der Waals surface area contributed by atoms with Crippen LogP contribution >= 0.6 is 11.6 Å². The number of hydrogen-bond donors (Lipinski definition) is 0. The van der Waals surface area contributed by atoms with Crippen LogP contribution in [0.4, 0.5) is 4.79 Å². The lowest BCUT2D eigenvalue weighted by Gasteiger charge is -2.13. The Morgan fingerprint density at radius 1 is 1.42 bits per heavy atom. The zero-order valence-corrected chi connectivity index (χ0v) is 10.9. The first-order chi connectivity index (χ1) is 8.97. The second-order valence-electron chi connectivity index (χ2n) is 3.81. The van der Waals surface area contributed by atoms with E-state index in [0.717, 1.165) is 6.92 Å². The Hall–Kier alpha value is -2.08. The monoisotopic (exact) mass is 283 g/mol. The van der Waals surface area contributed by atoms with Gasteiger partial charge in [0.15, 0.2) is 0 Å². The van der Waals surface area contributed by atoms with E-state index in [1.165, 1.54) is 13.2 Å². The highest BCUT2D eigenvalue weighted by molar-refractivity contribution is 6.32. The number of imide groups is 3. The van der Waals surface area contributed by atoms with E-state index in [0.29, 0.717) is 10.6 Å². The molecule has 1 aromatic rings. The summed E-state index contributed by atoms with van der Waals surface area (Å²) >= 11 is 6.00. The Labute approximate surface area is 113 Å². The minimum Gasteiger partial charge on any atom is -0.496 e. The summed E-state index contributed by atoms with van der Waals surface area (Å²) in [4.78, 5) is 35.2. The van der Waals surface area contributed by atoms with Crippen molar-refractivity contribution in [3.05, 3.63) is 28.8 Å². The third-order valence-corrected chi connectivity index (χ3v) is 2.99. The molecule has 0 radical (unpaired) electrons. The maximum absolute atomic E-state index is 12.0. The van der Waals surface area contributed by atoms with Crippen LogP contribution in [0.3, 0.4) is 0 Å². The molecule has 1 atom stereocenters. The molecule has 19 heavy (non-hydrogen) atoms. The van der Waals surface area contributed by atoms with Gasteiger partial charge < -0.3 is 9.47 Å². The summed E-state index contributed by atoms with van der Waals surface area (Å²) in [5, 5.41) is 0.218. The third-order valence-electron chi connectivity index (χ3n) is 2.66. The highest BCUT2D eigenvalue weighted by atomic mass is 35.5. The largest absolute Gasteiger partial charge is 0.496 e.